The molecule has 1 aliphatic heterocycles. The van der Waals surface area contributed by atoms with Crippen molar-refractivity contribution in [3.05, 3.63) is 70.7 Å². The molecule has 0 spiro atoms. The van der Waals surface area contributed by atoms with Gasteiger partial charge in [-0.25, -0.2) is 9.37 Å². The van der Waals surface area contributed by atoms with Crippen molar-refractivity contribution in [2.75, 3.05) is 31.3 Å². The van der Waals surface area contributed by atoms with Crippen molar-refractivity contribution in [3.8, 4) is 0 Å². The van der Waals surface area contributed by atoms with Gasteiger partial charge in [0.2, 0.25) is 5.95 Å². The van der Waals surface area contributed by atoms with Crippen LogP contribution in [0, 0.1) is 5.82 Å². The zero-order valence-electron chi connectivity index (χ0n) is 18.3. The molecule has 0 bridgehead atoms. The maximum Gasteiger partial charge on any atom is 0.254 e. The van der Waals surface area contributed by atoms with Crippen molar-refractivity contribution in [2.24, 2.45) is 5.73 Å². The van der Waals surface area contributed by atoms with Crippen LogP contribution in [0.15, 0.2) is 42.6 Å². The number of primary amides is 1. The van der Waals surface area contributed by atoms with Gasteiger partial charge in [-0.05, 0) is 54.9 Å². The number of carbonyl (C=O) groups is 2. The van der Waals surface area contributed by atoms with E-state index >= 15 is 0 Å². The number of nitrogens with one attached hydrogen (secondary N) is 3. The predicted octanol–water partition coefficient (Wildman–Crippen LogP) is 2.55. The lowest BCUT2D eigenvalue weighted by Gasteiger charge is -2.25. The number of nitrogens with two attached hydrogens (primary N) is 1. The minimum absolute atomic E-state index is 0.0541. The maximum atomic E-state index is 14.7. The summed E-state index contributed by atoms with van der Waals surface area (Å²) in [7, 11) is 3.55. The Morgan fingerprint density at radius 1 is 1.15 bits per heavy atom. The fourth-order valence-electron chi connectivity index (χ4n) is 3.67. The third-order valence-corrected chi connectivity index (χ3v) is 5.41. The number of hydrogen-bond acceptors (Lipinski definition) is 7. The number of anilines is 4. The van der Waals surface area contributed by atoms with E-state index in [1.54, 1.807) is 30.3 Å². The van der Waals surface area contributed by atoms with E-state index in [2.05, 4.69) is 30.8 Å². The number of nitrogens with zero attached hydrogens (tertiary/aromatic N) is 3. The normalized spacial score (nSPS) is 13.2. The summed E-state index contributed by atoms with van der Waals surface area (Å²) in [4.78, 5) is 34.4. The summed E-state index contributed by atoms with van der Waals surface area (Å²) < 4.78 is 14.7. The molecule has 0 saturated heterocycles. The molecule has 0 saturated carbocycles. The smallest absolute Gasteiger partial charge is 0.254 e. The monoisotopic (exact) mass is 449 g/mol. The first-order valence-corrected chi connectivity index (χ1v) is 10.4. The van der Waals surface area contributed by atoms with E-state index in [0.717, 1.165) is 30.6 Å². The van der Waals surface area contributed by atoms with Gasteiger partial charge >= 0.3 is 0 Å². The Labute approximate surface area is 190 Å². The summed E-state index contributed by atoms with van der Waals surface area (Å²) in [5.41, 5.74) is 8.74. The van der Waals surface area contributed by atoms with Crippen LogP contribution >= 0.6 is 0 Å². The molecule has 2 amide bonds. The number of carbonyl (C=O) groups excluding carboxylic acids is 2. The number of hydrogen-bond donors (Lipinski definition) is 4. The third kappa shape index (κ3) is 4.90. The molecule has 2 heterocycles. The average molecular weight is 449 g/mol. The summed E-state index contributed by atoms with van der Waals surface area (Å²) in [6.07, 6.45) is 2.06. The van der Waals surface area contributed by atoms with Crippen molar-refractivity contribution in [1.29, 1.82) is 0 Å². The highest BCUT2D eigenvalue weighted by Gasteiger charge is 2.18. The number of benzene rings is 2. The first-order chi connectivity index (χ1) is 15.8. The standard InChI is InChI=1S/C23H24FN7O2/c1-26-22(33)14-4-3-5-16(8-14)28-21-17(20(25)32)11-27-23(30-21)29-19-10-15-12-31(2)7-6-13(15)9-18(19)24/h3-5,8-11H,6-7,12H2,1-2H3,(H2,25,32)(H,26,33)(H2,27,28,29,30). The molecule has 33 heavy (non-hydrogen) atoms. The number of rotatable bonds is 6. The molecule has 0 atom stereocenters. The Hall–Kier alpha value is -4.05. The van der Waals surface area contributed by atoms with Gasteiger partial charge in [-0.1, -0.05) is 6.07 Å². The molecule has 1 aliphatic rings. The number of aromatic nitrogens is 2. The lowest BCUT2D eigenvalue weighted by Crippen LogP contribution is -2.26. The van der Waals surface area contributed by atoms with Crippen molar-refractivity contribution >= 4 is 35.0 Å². The van der Waals surface area contributed by atoms with Crippen LogP contribution in [0.1, 0.15) is 31.8 Å². The number of likely N-dealkylation sites (N-methyl/N-ethyl adjacent to an activating group) is 1. The van der Waals surface area contributed by atoms with Crippen molar-refractivity contribution in [1.82, 2.24) is 20.2 Å². The maximum absolute atomic E-state index is 14.7. The van der Waals surface area contributed by atoms with Crippen molar-refractivity contribution < 1.29 is 14.0 Å². The van der Waals surface area contributed by atoms with Crippen molar-refractivity contribution in [2.45, 2.75) is 13.0 Å². The molecular formula is C23H24FN7O2. The molecule has 0 radical (unpaired) electrons. The molecule has 1 aromatic heterocycles. The summed E-state index contributed by atoms with van der Waals surface area (Å²) in [5.74, 6) is -1.17. The van der Waals surface area contributed by atoms with Gasteiger partial charge in [0.15, 0.2) is 0 Å². The van der Waals surface area contributed by atoms with Crippen LogP contribution in [-0.2, 0) is 13.0 Å². The van der Waals surface area contributed by atoms with E-state index in [1.807, 2.05) is 7.05 Å². The first kappa shape index (κ1) is 22.2. The van der Waals surface area contributed by atoms with E-state index in [0.29, 0.717) is 11.3 Å². The zero-order chi connectivity index (χ0) is 23.5. The van der Waals surface area contributed by atoms with Crippen molar-refractivity contribution in [3.63, 3.8) is 0 Å². The molecular weight excluding hydrogens is 425 g/mol. The third-order valence-electron chi connectivity index (χ3n) is 5.41. The van der Waals surface area contributed by atoms with E-state index in [1.165, 1.54) is 19.3 Å². The van der Waals surface area contributed by atoms with Crippen LogP contribution in [0.3, 0.4) is 0 Å². The SMILES string of the molecule is CNC(=O)c1cccc(Nc2nc(Nc3cc4c(cc3F)CCN(C)C4)ncc2C(N)=O)c1. The van der Waals surface area contributed by atoms with Gasteiger partial charge in [0.05, 0.1) is 5.69 Å². The van der Waals surface area contributed by atoms with Gasteiger partial charge in [0.25, 0.3) is 11.8 Å². The Morgan fingerprint density at radius 2 is 1.97 bits per heavy atom. The first-order valence-electron chi connectivity index (χ1n) is 10.4. The highest BCUT2D eigenvalue weighted by atomic mass is 19.1. The fourth-order valence-corrected chi connectivity index (χ4v) is 3.67. The molecule has 2 aromatic carbocycles. The number of halogens is 1. The molecule has 3 aromatic rings. The number of fused-ring (bicyclic) bond motifs is 1. The van der Waals surface area contributed by atoms with E-state index in [9.17, 15) is 14.0 Å². The largest absolute Gasteiger partial charge is 0.365 e. The van der Waals surface area contributed by atoms with Gasteiger partial charge in [0, 0.05) is 37.6 Å². The average Bonchev–Trinajstić information content (AvgIpc) is 2.79. The second-order valence-electron chi connectivity index (χ2n) is 7.82. The van der Waals surface area contributed by atoms with E-state index < -0.39 is 11.7 Å². The molecule has 5 N–H and O–H groups in total. The summed E-state index contributed by atoms with van der Waals surface area (Å²) in [6, 6.07) is 9.96. The molecule has 4 rings (SSSR count). The molecule has 0 fully saturated rings. The number of amides is 2. The highest BCUT2D eigenvalue weighted by molar-refractivity contribution is 5.98. The lowest BCUT2D eigenvalue weighted by atomic mass is 9.99. The topological polar surface area (TPSA) is 125 Å². The van der Waals surface area contributed by atoms with Crippen LogP contribution < -0.4 is 21.7 Å². The molecule has 0 unspecified atom stereocenters. The van der Waals surface area contributed by atoms with Gasteiger partial charge in [-0.3, -0.25) is 9.59 Å². The van der Waals surface area contributed by atoms with Crippen LogP contribution in [0.5, 0.6) is 0 Å². The Kier molecular flexibility index (Phi) is 6.18. The zero-order valence-corrected chi connectivity index (χ0v) is 18.3. The summed E-state index contributed by atoms with van der Waals surface area (Å²) >= 11 is 0. The fraction of sp³-hybridized carbons (Fsp3) is 0.217. The lowest BCUT2D eigenvalue weighted by molar-refractivity contribution is 0.0961. The Bertz CT molecular complexity index is 1230. The van der Waals surface area contributed by atoms with Crippen LogP contribution in [0.4, 0.5) is 27.5 Å². The van der Waals surface area contributed by atoms with Gasteiger partial charge in [-0.15, -0.1) is 0 Å². The summed E-state index contributed by atoms with van der Waals surface area (Å²) in [5, 5.41) is 8.45. The Balaban J connectivity index is 1.64. The second kappa shape index (κ2) is 9.21. The molecule has 9 nitrogen and oxygen atoms in total. The van der Waals surface area contributed by atoms with E-state index in [4.69, 9.17) is 5.73 Å². The van der Waals surface area contributed by atoms with Gasteiger partial charge in [0.1, 0.15) is 17.2 Å². The Morgan fingerprint density at radius 3 is 2.73 bits per heavy atom. The van der Waals surface area contributed by atoms with Crippen LogP contribution in [0.2, 0.25) is 0 Å². The highest BCUT2D eigenvalue weighted by Crippen LogP contribution is 2.28. The molecule has 170 valence electrons. The minimum atomic E-state index is -0.727. The van der Waals surface area contributed by atoms with Crippen LogP contribution in [-0.4, -0.2) is 47.3 Å². The minimum Gasteiger partial charge on any atom is -0.365 e. The van der Waals surface area contributed by atoms with Gasteiger partial charge < -0.3 is 26.6 Å². The predicted molar refractivity (Wildman–Crippen MR) is 123 cm³/mol. The molecule has 0 aliphatic carbocycles. The second-order valence-corrected chi connectivity index (χ2v) is 7.82. The summed E-state index contributed by atoms with van der Waals surface area (Å²) in [6.45, 7) is 1.60. The quantitative estimate of drug-likeness (QED) is 0.456. The molecule has 10 heteroatoms. The van der Waals surface area contributed by atoms with Crippen LogP contribution in [0.25, 0.3) is 0 Å². The van der Waals surface area contributed by atoms with E-state index in [-0.39, 0.29) is 28.9 Å². The van der Waals surface area contributed by atoms with Gasteiger partial charge in [-0.2, -0.15) is 4.98 Å².